The van der Waals surface area contributed by atoms with Crippen molar-refractivity contribution in [2.75, 3.05) is 0 Å². The SMILES string of the molecule is CCCC1CCC(c2ccc(C#CI)cc2)CC1. The largest absolute Gasteiger partial charge is 0.0654 e. The molecule has 2 rings (SSSR count). The summed E-state index contributed by atoms with van der Waals surface area (Å²) in [5, 5.41) is 0. The van der Waals surface area contributed by atoms with Crippen molar-refractivity contribution in [3.8, 4) is 9.85 Å². The van der Waals surface area contributed by atoms with Gasteiger partial charge in [-0.3, -0.25) is 0 Å². The molecule has 96 valence electrons. The number of halogens is 1. The van der Waals surface area contributed by atoms with Crippen LogP contribution in [0.25, 0.3) is 0 Å². The lowest BCUT2D eigenvalue weighted by atomic mass is 9.77. The zero-order valence-electron chi connectivity index (χ0n) is 11.1. The van der Waals surface area contributed by atoms with Gasteiger partial charge in [-0.2, -0.15) is 0 Å². The van der Waals surface area contributed by atoms with Gasteiger partial charge in [-0.05, 0) is 59.1 Å². The molecule has 0 bridgehead atoms. The first kappa shape index (κ1) is 13.9. The van der Waals surface area contributed by atoms with E-state index in [0.29, 0.717) is 0 Å². The van der Waals surface area contributed by atoms with Gasteiger partial charge in [0.25, 0.3) is 0 Å². The van der Waals surface area contributed by atoms with E-state index >= 15 is 0 Å². The van der Waals surface area contributed by atoms with Crippen LogP contribution in [0, 0.1) is 15.8 Å². The molecule has 1 aliphatic carbocycles. The molecule has 0 aromatic heterocycles. The van der Waals surface area contributed by atoms with Crippen LogP contribution >= 0.6 is 22.6 Å². The summed E-state index contributed by atoms with van der Waals surface area (Å²) < 4.78 is 2.92. The lowest BCUT2D eigenvalue weighted by Gasteiger charge is -2.28. The van der Waals surface area contributed by atoms with E-state index in [4.69, 9.17) is 0 Å². The molecule has 0 N–H and O–H groups in total. The fraction of sp³-hybridized carbons (Fsp3) is 0.529. The molecule has 1 fully saturated rings. The summed E-state index contributed by atoms with van der Waals surface area (Å²) in [6.45, 7) is 2.30. The van der Waals surface area contributed by atoms with E-state index in [1.54, 1.807) is 0 Å². The molecular formula is C17H21I. The second-order valence-electron chi connectivity index (χ2n) is 5.35. The first-order chi connectivity index (χ1) is 8.83. The van der Waals surface area contributed by atoms with Gasteiger partial charge in [-0.25, -0.2) is 0 Å². The summed E-state index contributed by atoms with van der Waals surface area (Å²) in [6, 6.07) is 8.89. The highest BCUT2D eigenvalue weighted by atomic mass is 127. The molecule has 18 heavy (non-hydrogen) atoms. The Morgan fingerprint density at radius 2 is 1.78 bits per heavy atom. The van der Waals surface area contributed by atoms with E-state index in [1.807, 2.05) is 0 Å². The maximum Gasteiger partial charge on any atom is 0.0253 e. The molecule has 0 saturated heterocycles. The van der Waals surface area contributed by atoms with E-state index in [9.17, 15) is 0 Å². The summed E-state index contributed by atoms with van der Waals surface area (Å²) >= 11 is 2.09. The number of benzene rings is 1. The zero-order chi connectivity index (χ0) is 12.8. The van der Waals surface area contributed by atoms with Gasteiger partial charge >= 0.3 is 0 Å². The van der Waals surface area contributed by atoms with Crippen LogP contribution in [-0.4, -0.2) is 0 Å². The van der Waals surface area contributed by atoms with Crippen LogP contribution in [0.4, 0.5) is 0 Å². The van der Waals surface area contributed by atoms with Crippen molar-refractivity contribution in [2.45, 2.75) is 51.4 Å². The molecule has 0 unspecified atom stereocenters. The van der Waals surface area contributed by atoms with E-state index in [2.05, 4.69) is 63.6 Å². The quantitative estimate of drug-likeness (QED) is 0.497. The number of hydrogen-bond acceptors (Lipinski definition) is 0. The van der Waals surface area contributed by atoms with Crippen molar-refractivity contribution in [2.24, 2.45) is 5.92 Å². The summed E-state index contributed by atoms with van der Waals surface area (Å²) in [4.78, 5) is 0. The predicted molar refractivity (Wildman–Crippen MR) is 86.9 cm³/mol. The third-order valence-corrected chi connectivity index (χ3v) is 4.39. The fourth-order valence-corrected chi connectivity index (χ4v) is 3.40. The topological polar surface area (TPSA) is 0 Å². The summed E-state index contributed by atoms with van der Waals surface area (Å²) in [7, 11) is 0. The second-order valence-corrected chi connectivity index (χ2v) is 5.89. The van der Waals surface area contributed by atoms with E-state index in [0.717, 1.165) is 17.4 Å². The van der Waals surface area contributed by atoms with E-state index in [-0.39, 0.29) is 0 Å². The van der Waals surface area contributed by atoms with Crippen molar-refractivity contribution >= 4 is 22.6 Å². The smallest absolute Gasteiger partial charge is 0.0253 e. The Hall–Kier alpha value is -0.490. The fourth-order valence-electron chi connectivity index (χ4n) is 3.09. The lowest BCUT2D eigenvalue weighted by Crippen LogP contribution is -2.13. The third-order valence-electron chi connectivity index (χ3n) is 4.12. The Bertz CT molecular complexity index is 413. The molecule has 0 nitrogen and oxygen atoms in total. The van der Waals surface area contributed by atoms with Crippen molar-refractivity contribution in [1.82, 2.24) is 0 Å². The Morgan fingerprint density at radius 3 is 2.33 bits per heavy atom. The highest BCUT2D eigenvalue weighted by Crippen LogP contribution is 2.37. The van der Waals surface area contributed by atoms with Crippen LogP contribution in [0.15, 0.2) is 24.3 Å². The Balaban J connectivity index is 1.94. The number of hydrogen-bond donors (Lipinski definition) is 0. The molecule has 0 radical (unpaired) electrons. The molecule has 0 amide bonds. The third kappa shape index (κ3) is 3.75. The average Bonchev–Trinajstić information content (AvgIpc) is 2.41. The minimum Gasteiger partial charge on any atom is -0.0654 e. The van der Waals surface area contributed by atoms with Crippen molar-refractivity contribution in [1.29, 1.82) is 0 Å². The van der Waals surface area contributed by atoms with Crippen molar-refractivity contribution < 1.29 is 0 Å². The van der Waals surface area contributed by atoms with E-state index in [1.165, 1.54) is 44.1 Å². The summed E-state index contributed by atoms with van der Waals surface area (Å²) in [5.74, 6) is 4.89. The van der Waals surface area contributed by atoms with Crippen LogP contribution in [0.5, 0.6) is 0 Å². The van der Waals surface area contributed by atoms with Gasteiger partial charge in [-0.15, -0.1) is 0 Å². The molecular weight excluding hydrogens is 331 g/mol. The number of rotatable bonds is 3. The van der Waals surface area contributed by atoms with Gasteiger partial charge < -0.3 is 0 Å². The van der Waals surface area contributed by atoms with Crippen molar-refractivity contribution in [3.05, 3.63) is 35.4 Å². The highest BCUT2D eigenvalue weighted by molar-refractivity contribution is 14.1. The maximum atomic E-state index is 3.10. The van der Waals surface area contributed by atoms with Gasteiger partial charge in [0.1, 0.15) is 0 Å². The normalized spacial score (nSPS) is 23.2. The summed E-state index contributed by atoms with van der Waals surface area (Å²) in [5.41, 5.74) is 2.65. The summed E-state index contributed by atoms with van der Waals surface area (Å²) in [6.07, 6.45) is 8.38. The maximum absolute atomic E-state index is 3.10. The molecule has 0 aliphatic heterocycles. The van der Waals surface area contributed by atoms with Crippen LogP contribution in [-0.2, 0) is 0 Å². The van der Waals surface area contributed by atoms with Crippen LogP contribution in [0.2, 0.25) is 0 Å². The Morgan fingerprint density at radius 1 is 1.11 bits per heavy atom. The standard InChI is InChI=1S/C17H21I/c1-2-3-14-4-8-16(9-5-14)17-10-6-15(7-11-17)12-13-18/h6-7,10-11,14,16H,2-5,8-9H2,1H3. The second kappa shape index (κ2) is 7.19. The average molecular weight is 352 g/mol. The zero-order valence-corrected chi connectivity index (χ0v) is 13.2. The highest BCUT2D eigenvalue weighted by Gasteiger charge is 2.21. The minimum atomic E-state index is 0.791. The minimum absolute atomic E-state index is 0.791. The van der Waals surface area contributed by atoms with Crippen LogP contribution in [0.1, 0.15) is 62.5 Å². The van der Waals surface area contributed by atoms with Crippen LogP contribution < -0.4 is 0 Å². The van der Waals surface area contributed by atoms with Gasteiger partial charge in [0, 0.05) is 28.2 Å². The first-order valence-electron chi connectivity index (χ1n) is 7.05. The molecule has 1 aromatic rings. The molecule has 1 saturated carbocycles. The van der Waals surface area contributed by atoms with Gasteiger partial charge in [0.15, 0.2) is 0 Å². The molecule has 1 heteroatoms. The van der Waals surface area contributed by atoms with Gasteiger partial charge in [-0.1, -0.05) is 37.8 Å². The van der Waals surface area contributed by atoms with E-state index < -0.39 is 0 Å². The molecule has 1 aliphatic rings. The molecule has 0 heterocycles. The Labute approximate surface area is 125 Å². The predicted octanol–water partition coefficient (Wildman–Crippen LogP) is 5.50. The lowest BCUT2D eigenvalue weighted by molar-refractivity contribution is 0.308. The van der Waals surface area contributed by atoms with Gasteiger partial charge in [0.05, 0.1) is 0 Å². The Kier molecular flexibility index (Phi) is 5.56. The first-order valence-corrected chi connectivity index (χ1v) is 8.13. The van der Waals surface area contributed by atoms with Gasteiger partial charge in [0.2, 0.25) is 0 Å². The van der Waals surface area contributed by atoms with Crippen LogP contribution in [0.3, 0.4) is 0 Å². The molecule has 1 aromatic carbocycles. The molecule has 0 spiro atoms. The molecule has 0 atom stereocenters. The van der Waals surface area contributed by atoms with Crippen molar-refractivity contribution in [3.63, 3.8) is 0 Å². The monoisotopic (exact) mass is 352 g/mol.